The Morgan fingerprint density at radius 2 is 1.73 bits per heavy atom. The van der Waals surface area contributed by atoms with Gasteiger partial charge in [0, 0.05) is 22.7 Å². The van der Waals surface area contributed by atoms with E-state index in [9.17, 15) is 13.2 Å². The van der Waals surface area contributed by atoms with Crippen molar-refractivity contribution in [2.24, 2.45) is 0 Å². The highest BCUT2D eigenvalue weighted by atomic mass is 19.4. The zero-order valence-corrected chi connectivity index (χ0v) is 13.4. The van der Waals surface area contributed by atoms with E-state index in [0.717, 1.165) is 12.1 Å². The molecule has 26 heavy (non-hydrogen) atoms. The van der Waals surface area contributed by atoms with E-state index >= 15 is 0 Å². The topological polar surface area (TPSA) is 37.9 Å². The quantitative estimate of drug-likeness (QED) is 0.487. The zero-order valence-electron chi connectivity index (χ0n) is 13.4. The van der Waals surface area contributed by atoms with Gasteiger partial charge in [0.25, 0.3) is 0 Å². The number of benzene rings is 2. The lowest BCUT2D eigenvalue weighted by Gasteiger charge is -2.09. The molecule has 4 aromatic rings. The van der Waals surface area contributed by atoms with Gasteiger partial charge in [0.15, 0.2) is 5.75 Å². The zero-order chi connectivity index (χ0) is 18.1. The van der Waals surface area contributed by atoms with Gasteiger partial charge in [-0.05, 0) is 42.5 Å². The third kappa shape index (κ3) is 3.13. The maximum Gasteiger partial charge on any atom is 0.416 e. The highest BCUT2D eigenvalue weighted by molar-refractivity contribution is 5.87. The van der Waals surface area contributed by atoms with Crippen LogP contribution < -0.4 is 4.74 Å². The Kier molecular flexibility index (Phi) is 3.88. The van der Waals surface area contributed by atoms with Crippen LogP contribution in [0.15, 0.2) is 73.1 Å². The SMILES string of the molecule is FC(F)(F)c1ccc2[nH]c(-c3ccncc3Oc3ccccc3)cc2c1. The molecule has 0 aliphatic rings. The number of nitrogens with zero attached hydrogens (tertiary/aromatic N) is 1. The molecule has 0 amide bonds. The summed E-state index contributed by atoms with van der Waals surface area (Å²) in [5.41, 5.74) is 1.32. The van der Waals surface area contributed by atoms with Crippen LogP contribution in [0.5, 0.6) is 11.5 Å². The molecule has 6 heteroatoms. The summed E-state index contributed by atoms with van der Waals surface area (Å²) in [6.07, 6.45) is -1.18. The molecule has 1 N–H and O–H groups in total. The first kappa shape index (κ1) is 16.2. The number of pyridine rings is 1. The summed E-state index contributed by atoms with van der Waals surface area (Å²) in [6, 6.07) is 16.3. The monoisotopic (exact) mass is 354 g/mol. The molecule has 130 valence electrons. The van der Waals surface area contributed by atoms with Gasteiger partial charge in [0.2, 0.25) is 0 Å². The van der Waals surface area contributed by atoms with Crippen LogP contribution in [0, 0.1) is 0 Å². The van der Waals surface area contributed by atoms with Crippen molar-refractivity contribution in [1.82, 2.24) is 9.97 Å². The van der Waals surface area contributed by atoms with Crippen LogP contribution in [-0.2, 0) is 6.18 Å². The number of para-hydroxylation sites is 1. The van der Waals surface area contributed by atoms with Crippen molar-refractivity contribution >= 4 is 10.9 Å². The summed E-state index contributed by atoms with van der Waals surface area (Å²) in [5, 5.41) is 0.484. The molecule has 0 saturated heterocycles. The molecule has 0 saturated carbocycles. The first-order valence-electron chi connectivity index (χ1n) is 7.88. The lowest BCUT2D eigenvalue weighted by Crippen LogP contribution is -2.03. The maximum absolute atomic E-state index is 12.9. The number of fused-ring (bicyclic) bond motifs is 1. The number of ether oxygens (including phenoxy) is 1. The molecule has 0 aliphatic carbocycles. The fraction of sp³-hybridized carbons (Fsp3) is 0.0500. The van der Waals surface area contributed by atoms with Crippen molar-refractivity contribution in [2.45, 2.75) is 6.18 Å². The van der Waals surface area contributed by atoms with Gasteiger partial charge in [-0.2, -0.15) is 13.2 Å². The molecule has 0 radical (unpaired) electrons. The summed E-state index contributed by atoms with van der Waals surface area (Å²) in [5.74, 6) is 1.17. The molecule has 0 bridgehead atoms. The lowest BCUT2D eigenvalue weighted by molar-refractivity contribution is -0.137. The Labute approximate surface area is 147 Å². The predicted molar refractivity (Wildman–Crippen MR) is 93.0 cm³/mol. The van der Waals surface area contributed by atoms with Gasteiger partial charge in [-0.25, -0.2) is 0 Å². The average molecular weight is 354 g/mol. The van der Waals surface area contributed by atoms with Crippen molar-refractivity contribution in [3.05, 3.63) is 78.6 Å². The summed E-state index contributed by atoms with van der Waals surface area (Å²) in [4.78, 5) is 7.22. The lowest BCUT2D eigenvalue weighted by atomic mass is 10.1. The van der Waals surface area contributed by atoms with E-state index in [2.05, 4.69) is 9.97 Å². The summed E-state index contributed by atoms with van der Waals surface area (Å²) >= 11 is 0. The first-order chi connectivity index (χ1) is 12.5. The van der Waals surface area contributed by atoms with Crippen molar-refractivity contribution in [3.63, 3.8) is 0 Å². The van der Waals surface area contributed by atoms with Gasteiger partial charge in [-0.1, -0.05) is 18.2 Å². The van der Waals surface area contributed by atoms with E-state index in [-0.39, 0.29) is 0 Å². The molecule has 0 aliphatic heterocycles. The maximum atomic E-state index is 12.9. The number of aromatic amines is 1. The second-order valence-electron chi connectivity index (χ2n) is 5.77. The average Bonchev–Trinajstić information content (AvgIpc) is 3.05. The Bertz CT molecular complexity index is 1060. The van der Waals surface area contributed by atoms with Gasteiger partial charge in [-0.3, -0.25) is 4.98 Å². The number of hydrogen-bond donors (Lipinski definition) is 1. The molecular weight excluding hydrogens is 341 g/mol. The molecule has 0 atom stereocenters. The molecule has 2 heterocycles. The molecule has 2 aromatic carbocycles. The number of hydrogen-bond acceptors (Lipinski definition) is 2. The van der Waals surface area contributed by atoms with E-state index in [0.29, 0.717) is 33.7 Å². The number of rotatable bonds is 3. The van der Waals surface area contributed by atoms with Crippen molar-refractivity contribution in [1.29, 1.82) is 0 Å². The molecular formula is C20H13F3N2O. The largest absolute Gasteiger partial charge is 0.455 e. The smallest absolute Gasteiger partial charge is 0.416 e. The Morgan fingerprint density at radius 1 is 0.923 bits per heavy atom. The molecule has 4 rings (SSSR count). The van der Waals surface area contributed by atoms with E-state index < -0.39 is 11.7 Å². The standard InChI is InChI=1S/C20H13F3N2O/c21-20(22,23)14-6-7-17-13(10-14)11-18(25-17)16-8-9-24-12-19(16)26-15-4-2-1-3-5-15/h1-12,25H. The number of halogens is 3. The van der Waals surface area contributed by atoms with Crippen molar-refractivity contribution in [3.8, 4) is 22.8 Å². The third-order valence-electron chi connectivity index (χ3n) is 3.99. The minimum Gasteiger partial charge on any atom is -0.455 e. The van der Waals surface area contributed by atoms with E-state index in [1.54, 1.807) is 24.5 Å². The van der Waals surface area contributed by atoms with Crippen LogP contribution in [0.1, 0.15) is 5.56 Å². The van der Waals surface area contributed by atoms with Gasteiger partial charge in [0.1, 0.15) is 5.75 Å². The molecule has 3 nitrogen and oxygen atoms in total. The number of nitrogens with one attached hydrogen (secondary N) is 1. The number of aromatic nitrogens is 2. The normalized spacial score (nSPS) is 11.7. The fourth-order valence-electron chi connectivity index (χ4n) is 2.75. The third-order valence-corrected chi connectivity index (χ3v) is 3.99. The van der Waals surface area contributed by atoms with Crippen LogP contribution in [0.25, 0.3) is 22.2 Å². The summed E-state index contributed by atoms with van der Waals surface area (Å²) in [6.45, 7) is 0. The van der Waals surface area contributed by atoms with Gasteiger partial charge >= 0.3 is 6.18 Å². The highest BCUT2D eigenvalue weighted by Crippen LogP contribution is 2.36. The highest BCUT2D eigenvalue weighted by Gasteiger charge is 2.30. The van der Waals surface area contributed by atoms with Crippen molar-refractivity contribution < 1.29 is 17.9 Å². The number of alkyl halides is 3. The van der Waals surface area contributed by atoms with Gasteiger partial charge < -0.3 is 9.72 Å². The Morgan fingerprint density at radius 3 is 2.50 bits per heavy atom. The minimum atomic E-state index is -4.37. The van der Waals surface area contributed by atoms with Crippen LogP contribution in [0.2, 0.25) is 0 Å². The van der Waals surface area contributed by atoms with Crippen LogP contribution in [-0.4, -0.2) is 9.97 Å². The molecule has 0 fully saturated rings. The first-order valence-corrected chi connectivity index (χ1v) is 7.88. The van der Waals surface area contributed by atoms with Crippen LogP contribution in [0.4, 0.5) is 13.2 Å². The van der Waals surface area contributed by atoms with E-state index in [1.807, 2.05) is 30.3 Å². The summed E-state index contributed by atoms with van der Waals surface area (Å²) in [7, 11) is 0. The Balaban J connectivity index is 1.76. The predicted octanol–water partition coefficient (Wildman–Crippen LogP) is 6.04. The molecule has 0 unspecified atom stereocenters. The number of H-pyrrole nitrogens is 1. The summed E-state index contributed by atoms with van der Waals surface area (Å²) < 4.78 is 44.6. The van der Waals surface area contributed by atoms with E-state index in [4.69, 9.17) is 4.74 Å². The van der Waals surface area contributed by atoms with Crippen LogP contribution >= 0.6 is 0 Å². The molecule has 2 aromatic heterocycles. The second kappa shape index (κ2) is 6.22. The van der Waals surface area contributed by atoms with Gasteiger partial charge in [0.05, 0.1) is 17.5 Å². The molecule has 0 spiro atoms. The minimum absolute atomic E-state index is 0.484. The van der Waals surface area contributed by atoms with E-state index in [1.165, 1.54) is 6.07 Å². The van der Waals surface area contributed by atoms with Crippen molar-refractivity contribution in [2.75, 3.05) is 0 Å². The van der Waals surface area contributed by atoms with Crippen LogP contribution in [0.3, 0.4) is 0 Å². The fourth-order valence-corrected chi connectivity index (χ4v) is 2.75. The van der Waals surface area contributed by atoms with Gasteiger partial charge in [-0.15, -0.1) is 0 Å². The Hall–Kier alpha value is -3.28. The second-order valence-corrected chi connectivity index (χ2v) is 5.77.